The molecule has 1 N–H and O–H groups in total. The molecule has 35 heavy (non-hydrogen) atoms. The molecule has 0 spiro atoms. The molecule has 0 fully saturated rings. The Kier molecular flexibility index (Phi) is 9.43. The van der Waals surface area contributed by atoms with Gasteiger partial charge in [0, 0.05) is 30.7 Å². The van der Waals surface area contributed by atoms with E-state index in [0.717, 1.165) is 22.7 Å². The van der Waals surface area contributed by atoms with Gasteiger partial charge in [0.2, 0.25) is 21.8 Å². The molecule has 190 valence electrons. The lowest BCUT2D eigenvalue weighted by Gasteiger charge is -2.33. The van der Waals surface area contributed by atoms with E-state index < -0.39 is 39.3 Å². The number of benzene rings is 2. The van der Waals surface area contributed by atoms with Crippen molar-refractivity contribution in [1.29, 1.82) is 0 Å². The topological polar surface area (TPSA) is 139 Å². The number of anilines is 1. The van der Waals surface area contributed by atoms with Crippen LogP contribution < -0.4 is 14.4 Å². The first kappa shape index (κ1) is 27.9. The van der Waals surface area contributed by atoms with Gasteiger partial charge in [-0.15, -0.1) is 0 Å². The summed E-state index contributed by atoms with van der Waals surface area (Å²) in [5, 5.41) is 14.2. The number of non-ortho nitro benzene ring substituents is 1. The van der Waals surface area contributed by atoms with Gasteiger partial charge in [-0.3, -0.25) is 24.0 Å². The summed E-state index contributed by atoms with van der Waals surface area (Å²) in [6.07, 6.45) is 1.11. The fourth-order valence-corrected chi connectivity index (χ4v) is 4.52. The molecule has 0 radical (unpaired) electrons. The Bertz CT molecular complexity index is 1210. The molecule has 0 aliphatic rings. The average Bonchev–Trinajstić information content (AvgIpc) is 2.81. The third-order valence-electron chi connectivity index (χ3n) is 5.25. The van der Waals surface area contributed by atoms with Gasteiger partial charge in [-0.1, -0.05) is 36.7 Å². The number of carbonyl (C=O) groups excluding carboxylic acids is 2. The first-order valence-electron chi connectivity index (χ1n) is 10.5. The molecule has 0 heterocycles. The van der Waals surface area contributed by atoms with E-state index in [4.69, 9.17) is 16.3 Å². The Morgan fingerprint density at radius 3 is 2.40 bits per heavy atom. The van der Waals surface area contributed by atoms with Crippen molar-refractivity contribution in [2.45, 2.75) is 25.9 Å². The van der Waals surface area contributed by atoms with Crippen molar-refractivity contribution in [1.82, 2.24) is 10.2 Å². The largest absolute Gasteiger partial charge is 0.495 e. The molecule has 0 aromatic heterocycles. The summed E-state index contributed by atoms with van der Waals surface area (Å²) >= 11 is 6.27. The van der Waals surface area contributed by atoms with Crippen molar-refractivity contribution >= 4 is 44.8 Å². The first-order valence-corrected chi connectivity index (χ1v) is 12.7. The molecule has 0 bridgehead atoms. The summed E-state index contributed by atoms with van der Waals surface area (Å²) in [4.78, 5) is 38.0. The molecule has 11 nitrogen and oxygen atoms in total. The number of carbonyl (C=O) groups is 2. The van der Waals surface area contributed by atoms with Crippen LogP contribution in [-0.2, 0) is 26.2 Å². The maximum absolute atomic E-state index is 13.6. The SMILES string of the molecule is CC[C@H](C(=O)NC)N(Cc1ccccc1Cl)C(=O)CN(c1cc([N+](=O)[O-])ccc1OC)S(C)(=O)=O. The van der Waals surface area contributed by atoms with Crippen molar-refractivity contribution in [2.75, 3.05) is 31.3 Å². The number of nitro benzene ring substituents is 1. The van der Waals surface area contributed by atoms with E-state index in [1.54, 1.807) is 31.2 Å². The van der Waals surface area contributed by atoms with Gasteiger partial charge >= 0.3 is 0 Å². The minimum absolute atomic E-state index is 0.0184. The van der Waals surface area contributed by atoms with E-state index in [2.05, 4.69) is 5.32 Å². The number of hydrogen-bond donors (Lipinski definition) is 1. The second-order valence-corrected chi connectivity index (χ2v) is 9.85. The Hall–Kier alpha value is -3.38. The molecule has 2 aromatic carbocycles. The number of rotatable bonds is 11. The van der Waals surface area contributed by atoms with Gasteiger partial charge in [-0.05, 0) is 24.1 Å². The summed E-state index contributed by atoms with van der Waals surface area (Å²) in [5.74, 6) is -1.13. The first-order chi connectivity index (χ1) is 16.4. The molecule has 2 amide bonds. The van der Waals surface area contributed by atoms with Gasteiger partial charge in [0.25, 0.3) is 5.69 Å². The molecule has 13 heteroatoms. The highest BCUT2D eigenvalue weighted by Gasteiger charge is 2.33. The number of hydrogen-bond acceptors (Lipinski definition) is 7. The number of methoxy groups -OCH3 is 1. The fourth-order valence-electron chi connectivity index (χ4n) is 3.48. The van der Waals surface area contributed by atoms with Crippen molar-refractivity contribution < 1.29 is 27.7 Å². The molecule has 2 rings (SSSR count). The van der Waals surface area contributed by atoms with Crippen LogP contribution in [0, 0.1) is 10.1 Å². The number of amides is 2. The van der Waals surface area contributed by atoms with Crippen LogP contribution in [0.25, 0.3) is 0 Å². The standard InChI is InChI=1S/C22H27ClN4O7S/c1-5-18(22(29)24-2)25(13-15-8-6-7-9-17(15)23)21(28)14-26(35(4,32)33)19-12-16(27(30)31)10-11-20(19)34-3/h6-12,18H,5,13-14H2,1-4H3,(H,24,29)/t18-/m1/s1. The number of nitro groups is 1. The van der Waals surface area contributed by atoms with Gasteiger partial charge in [0.1, 0.15) is 24.0 Å². The van der Waals surface area contributed by atoms with Gasteiger partial charge in [-0.25, -0.2) is 8.42 Å². The molecule has 0 unspecified atom stereocenters. The normalized spacial score (nSPS) is 11.9. The number of nitrogens with one attached hydrogen (secondary N) is 1. The van der Waals surface area contributed by atoms with Crippen molar-refractivity contribution in [2.24, 2.45) is 0 Å². The minimum Gasteiger partial charge on any atom is -0.495 e. The molecular formula is C22H27ClN4O7S. The number of halogens is 1. The van der Waals surface area contributed by atoms with E-state index in [1.165, 1.54) is 25.1 Å². The number of likely N-dealkylation sites (N-methyl/N-ethyl adjacent to an activating group) is 1. The van der Waals surface area contributed by atoms with Crippen molar-refractivity contribution in [3.05, 3.63) is 63.2 Å². The smallest absolute Gasteiger partial charge is 0.271 e. The molecule has 2 aromatic rings. The lowest BCUT2D eigenvalue weighted by molar-refractivity contribution is -0.384. The summed E-state index contributed by atoms with van der Waals surface area (Å²) in [6.45, 7) is 0.924. The molecule has 0 aliphatic carbocycles. The number of ether oxygens (including phenoxy) is 1. The molecular weight excluding hydrogens is 500 g/mol. The van der Waals surface area contributed by atoms with Gasteiger partial charge in [0.15, 0.2) is 0 Å². The van der Waals surface area contributed by atoms with E-state index >= 15 is 0 Å². The molecule has 1 atom stereocenters. The van der Waals surface area contributed by atoms with Crippen LogP contribution in [0.15, 0.2) is 42.5 Å². The molecule has 0 saturated heterocycles. The zero-order valence-corrected chi connectivity index (χ0v) is 21.3. The third kappa shape index (κ3) is 6.83. The predicted molar refractivity (Wildman–Crippen MR) is 132 cm³/mol. The van der Waals surface area contributed by atoms with Crippen LogP contribution in [0.4, 0.5) is 11.4 Å². The summed E-state index contributed by atoms with van der Waals surface area (Å²) in [7, 11) is -1.40. The number of nitrogens with zero attached hydrogens (tertiary/aromatic N) is 3. The lowest BCUT2D eigenvalue weighted by Crippen LogP contribution is -2.51. The average molecular weight is 527 g/mol. The maximum Gasteiger partial charge on any atom is 0.271 e. The molecule has 0 aliphatic heterocycles. The predicted octanol–water partition coefficient (Wildman–Crippen LogP) is 2.58. The summed E-state index contributed by atoms with van der Waals surface area (Å²) in [6, 6.07) is 9.27. The Morgan fingerprint density at radius 2 is 1.89 bits per heavy atom. The van der Waals surface area contributed by atoms with Crippen LogP contribution >= 0.6 is 11.6 Å². The van der Waals surface area contributed by atoms with E-state index in [9.17, 15) is 28.1 Å². The zero-order valence-electron chi connectivity index (χ0n) is 19.7. The van der Waals surface area contributed by atoms with Crippen molar-refractivity contribution in [3.63, 3.8) is 0 Å². The van der Waals surface area contributed by atoms with Crippen LogP contribution in [0.3, 0.4) is 0 Å². The zero-order chi connectivity index (χ0) is 26.3. The Labute approximate surface area is 208 Å². The number of sulfonamides is 1. The second-order valence-electron chi connectivity index (χ2n) is 7.53. The lowest BCUT2D eigenvalue weighted by atomic mass is 10.1. The highest BCUT2D eigenvalue weighted by molar-refractivity contribution is 7.92. The third-order valence-corrected chi connectivity index (χ3v) is 6.75. The summed E-state index contributed by atoms with van der Waals surface area (Å²) < 4.78 is 31.3. The van der Waals surface area contributed by atoms with Crippen LogP contribution in [0.2, 0.25) is 5.02 Å². The van der Waals surface area contributed by atoms with Gasteiger partial charge < -0.3 is 15.0 Å². The van der Waals surface area contributed by atoms with E-state index in [-0.39, 0.29) is 30.1 Å². The summed E-state index contributed by atoms with van der Waals surface area (Å²) in [5.41, 5.74) is -0.00134. The van der Waals surface area contributed by atoms with Gasteiger partial charge in [0.05, 0.1) is 18.3 Å². The fraction of sp³-hybridized carbons (Fsp3) is 0.364. The van der Waals surface area contributed by atoms with Crippen molar-refractivity contribution in [3.8, 4) is 5.75 Å². The van der Waals surface area contributed by atoms with E-state index in [1.807, 2.05) is 0 Å². The van der Waals surface area contributed by atoms with Gasteiger partial charge in [-0.2, -0.15) is 0 Å². The highest BCUT2D eigenvalue weighted by atomic mass is 35.5. The highest BCUT2D eigenvalue weighted by Crippen LogP contribution is 2.34. The Morgan fingerprint density at radius 1 is 1.23 bits per heavy atom. The second kappa shape index (κ2) is 11.8. The van der Waals surface area contributed by atoms with E-state index in [0.29, 0.717) is 10.6 Å². The Balaban J connectivity index is 2.57. The molecule has 0 saturated carbocycles. The quantitative estimate of drug-likeness (QED) is 0.350. The van der Waals surface area contributed by atoms with Crippen LogP contribution in [0.1, 0.15) is 18.9 Å². The van der Waals surface area contributed by atoms with Crippen LogP contribution in [-0.4, -0.2) is 63.1 Å². The monoisotopic (exact) mass is 526 g/mol. The minimum atomic E-state index is -4.10. The maximum atomic E-state index is 13.6. The van der Waals surface area contributed by atoms with Crippen LogP contribution in [0.5, 0.6) is 5.75 Å².